The summed E-state index contributed by atoms with van der Waals surface area (Å²) in [5.41, 5.74) is 6.64. The Morgan fingerprint density at radius 2 is 2.14 bits per heavy atom. The summed E-state index contributed by atoms with van der Waals surface area (Å²) in [6.45, 7) is 0.868. The summed E-state index contributed by atoms with van der Waals surface area (Å²) in [6, 6.07) is 4.84. The first-order valence-corrected chi connectivity index (χ1v) is 6.49. The summed E-state index contributed by atoms with van der Waals surface area (Å²) in [6.07, 6.45) is -0.747. The van der Waals surface area contributed by atoms with Crippen molar-refractivity contribution in [3.63, 3.8) is 0 Å². The third-order valence-corrected chi connectivity index (χ3v) is 3.29. The van der Waals surface area contributed by atoms with E-state index in [2.05, 4.69) is 4.74 Å². The highest BCUT2D eigenvalue weighted by molar-refractivity contribution is 5.96. The third-order valence-electron chi connectivity index (χ3n) is 3.29. The molecule has 1 aliphatic heterocycles. The van der Waals surface area contributed by atoms with Crippen molar-refractivity contribution in [3.8, 4) is 5.75 Å². The SMILES string of the molecule is COC(=O)C1CN(C(=O)c2ccc(OC)c(N)c2)CCO1. The van der Waals surface area contributed by atoms with Gasteiger partial charge in [0, 0.05) is 12.1 Å². The topological polar surface area (TPSA) is 91.1 Å². The molecule has 1 aromatic carbocycles. The molecule has 0 spiro atoms. The Morgan fingerprint density at radius 1 is 1.38 bits per heavy atom. The molecule has 1 aromatic rings. The van der Waals surface area contributed by atoms with Crippen molar-refractivity contribution in [3.05, 3.63) is 23.8 Å². The number of morpholine rings is 1. The number of anilines is 1. The number of esters is 1. The largest absolute Gasteiger partial charge is 0.495 e. The van der Waals surface area contributed by atoms with Crippen LogP contribution in [0.3, 0.4) is 0 Å². The number of ether oxygens (including phenoxy) is 3. The van der Waals surface area contributed by atoms with E-state index in [1.807, 2.05) is 0 Å². The van der Waals surface area contributed by atoms with Crippen molar-refractivity contribution >= 4 is 17.6 Å². The molecule has 0 aliphatic carbocycles. The molecule has 0 bridgehead atoms. The number of benzene rings is 1. The van der Waals surface area contributed by atoms with Crippen LogP contribution in [0.25, 0.3) is 0 Å². The van der Waals surface area contributed by atoms with E-state index in [9.17, 15) is 9.59 Å². The number of methoxy groups -OCH3 is 2. The average Bonchev–Trinajstić information content (AvgIpc) is 2.53. The summed E-state index contributed by atoms with van der Waals surface area (Å²) in [4.78, 5) is 25.5. The summed E-state index contributed by atoms with van der Waals surface area (Å²) in [5.74, 6) is -0.177. The summed E-state index contributed by atoms with van der Waals surface area (Å²) in [7, 11) is 2.80. The zero-order valence-corrected chi connectivity index (χ0v) is 12.0. The molecule has 0 saturated carbocycles. The van der Waals surface area contributed by atoms with Crippen molar-refractivity contribution in [1.29, 1.82) is 0 Å². The van der Waals surface area contributed by atoms with Crippen molar-refractivity contribution < 1.29 is 23.8 Å². The van der Waals surface area contributed by atoms with Crippen LogP contribution in [0.5, 0.6) is 5.75 Å². The van der Waals surface area contributed by atoms with Crippen molar-refractivity contribution in [1.82, 2.24) is 4.90 Å². The Kier molecular flexibility index (Phi) is 4.64. The minimum atomic E-state index is -0.747. The quantitative estimate of drug-likeness (QED) is 0.636. The molecule has 1 atom stereocenters. The molecule has 1 aliphatic rings. The Morgan fingerprint density at radius 3 is 2.76 bits per heavy atom. The Bertz CT molecular complexity index is 546. The lowest BCUT2D eigenvalue weighted by Gasteiger charge is -2.31. The molecule has 2 N–H and O–H groups in total. The van der Waals surface area contributed by atoms with Gasteiger partial charge in [0.2, 0.25) is 0 Å². The van der Waals surface area contributed by atoms with Crippen LogP contribution >= 0.6 is 0 Å². The van der Waals surface area contributed by atoms with E-state index in [0.29, 0.717) is 23.5 Å². The third kappa shape index (κ3) is 3.25. The first-order valence-electron chi connectivity index (χ1n) is 6.49. The van der Waals surface area contributed by atoms with Crippen LogP contribution < -0.4 is 10.5 Å². The van der Waals surface area contributed by atoms with Crippen LogP contribution in [0.4, 0.5) is 5.69 Å². The van der Waals surface area contributed by atoms with Crippen LogP contribution in [0.2, 0.25) is 0 Å². The maximum Gasteiger partial charge on any atom is 0.336 e. The van der Waals surface area contributed by atoms with Crippen molar-refractivity contribution in [2.45, 2.75) is 6.10 Å². The van der Waals surface area contributed by atoms with Gasteiger partial charge < -0.3 is 24.8 Å². The molecule has 0 radical (unpaired) electrons. The number of rotatable bonds is 3. The standard InChI is InChI=1S/C14H18N2O5/c1-19-11-4-3-9(7-10(11)15)13(17)16-5-6-21-12(8-16)14(18)20-2/h3-4,7,12H,5-6,8,15H2,1-2H3. The second-order valence-corrected chi connectivity index (χ2v) is 4.59. The average molecular weight is 294 g/mol. The number of nitrogen functional groups attached to an aromatic ring is 1. The molecule has 7 heteroatoms. The van der Waals surface area contributed by atoms with Gasteiger partial charge in [-0.15, -0.1) is 0 Å². The molecule has 1 heterocycles. The van der Waals surface area contributed by atoms with Gasteiger partial charge in [0.15, 0.2) is 6.10 Å². The summed E-state index contributed by atoms with van der Waals surface area (Å²) < 4.78 is 15.0. The first kappa shape index (κ1) is 15.1. The number of hydrogen-bond donors (Lipinski definition) is 1. The van der Waals surface area contributed by atoms with Gasteiger partial charge in [-0.2, -0.15) is 0 Å². The van der Waals surface area contributed by atoms with E-state index < -0.39 is 12.1 Å². The Balaban J connectivity index is 2.12. The first-order chi connectivity index (χ1) is 10.1. The lowest BCUT2D eigenvalue weighted by Crippen LogP contribution is -2.48. The highest BCUT2D eigenvalue weighted by Gasteiger charge is 2.30. The minimum absolute atomic E-state index is 0.164. The maximum absolute atomic E-state index is 12.4. The Hall–Kier alpha value is -2.28. The number of amides is 1. The predicted octanol–water partition coefficient (Wildman–Crippen LogP) is 0.291. The molecule has 1 fully saturated rings. The number of nitrogens with two attached hydrogens (primary N) is 1. The molecule has 1 amide bonds. The molecule has 7 nitrogen and oxygen atoms in total. The number of nitrogens with zero attached hydrogens (tertiary/aromatic N) is 1. The van der Waals surface area contributed by atoms with Gasteiger partial charge in [0.05, 0.1) is 33.1 Å². The maximum atomic E-state index is 12.4. The van der Waals surface area contributed by atoms with Crippen molar-refractivity contribution in [2.24, 2.45) is 0 Å². The highest BCUT2D eigenvalue weighted by atomic mass is 16.6. The number of hydrogen-bond acceptors (Lipinski definition) is 6. The smallest absolute Gasteiger partial charge is 0.336 e. The van der Waals surface area contributed by atoms with Crippen LogP contribution in [0.15, 0.2) is 18.2 Å². The van der Waals surface area contributed by atoms with Gasteiger partial charge in [0.1, 0.15) is 5.75 Å². The normalized spacial score (nSPS) is 18.2. The minimum Gasteiger partial charge on any atom is -0.495 e. The van der Waals surface area contributed by atoms with Gasteiger partial charge in [0.25, 0.3) is 5.91 Å². The van der Waals surface area contributed by atoms with Crippen LogP contribution in [0.1, 0.15) is 10.4 Å². The fourth-order valence-corrected chi connectivity index (χ4v) is 2.16. The fourth-order valence-electron chi connectivity index (χ4n) is 2.16. The molecule has 1 saturated heterocycles. The second-order valence-electron chi connectivity index (χ2n) is 4.59. The number of carbonyl (C=O) groups excluding carboxylic acids is 2. The molecule has 21 heavy (non-hydrogen) atoms. The van der Waals surface area contributed by atoms with Gasteiger partial charge in [-0.1, -0.05) is 0 Å². The molecule has 114 valence electrons. The molecule has 1 unspecified atom stereocenters. The molecular weight excluding hydrogens is 276 g/mol. The predicted molar refractivity (Wildman–Crippen MR) is 75.1 cm³/mol. The van der Waals surface area contributed by atoms with Gasteiger partial charge in [-0.25, -0.2) is 4.79 Å². The van der Waals surface area contributed by atoms with E-state index in [4.69, 9.17) is 15.2 Å². The molecule has 2 rings (SSSR count). The van der Waals surface area contributed by atoms with Crippen molar-refractivity contribution in [2.75, 3.05) is 39.6 Å². The molecular formula is C14H18N2O5. The van der Waals surface area contributed by atoms with E-state index in [-0.39, 0.29) is 19.1 Å². The number of carbonyl (C=O) groups is 2. The van der Waals surface area contributed by atoms with Crippen LogP contribution in [-0.2, 0) is 14.3 Å². The monoisotopic (exact) mass is 294 g/mol. The van der Waals surface area contributed by atoms with Gasteiger partial charge in [-0.05, 0) is 18.2 Å². The summed E-state index contributed by atoms with van der Waals surface area (Å²) >= 11 is 0. The van der Waals surface area contributed by atoms with Crippen LogP contribution in [0, 0.1) is 0 Å². The van der Waals surface area contributed by atoms with Gasteiger partial charge in [-0.3, -0.25) is 4.79 Å². The fraction of sp³-hybridized carbons (Fsp3) is 0.429. The summed E-state index contributed by atoms with van der Waals surface area (Å²) in [5, 5.41) is 0. The zero-order chi connectivity index (χ0) is 15.4. The lowest BCUT2D eigenvalue weighted by atomic mass is 10.1. The van der Waals surface area contributed by atoms with Gasteiger partial charge >= 0.3 is 5.97 Å². The Labute approximate surface area is 122 Å². The second kappa shape index (κ2) is 6.45. The highest BCUT2D eigenvalue weighted by Crippen LogP contribution is 2.23. The van der Waals surface area contributed by atoms with E-state index >= 15 is 0 Å². The van der Waals surface area contributed by atoms with E-state index in [1.54, 1.807) is 23.1 Å². The zero-order valence-electron chi connectivity index (χ0n) is 12.0. The molecule has 0 aromatic heterocycles. The lowest BCUT2D eigenvalue weighted by molar-refractivity contribution is -0.158. The van der Waals surface area contributed by atoms with E-state index in [1.165, 1.54) is 14.2 Å². The van der Waals surface area contributed by atoms with E-state index in [0.717, 1.165) is 0 Å². The van der Waals surface area contributed by atoms with Crippen LogP contribution in [-0.4, -0.2) is 56.8 Å².